The van der Waals surface area contributed by atoms with Gasteiger partial charge >= 0.3 is 0 Å². The van der Waals surface area contributed by atoms with Crippen molar-refractivity contribution >= 4 is 137 Å². The molecule has 2 spiro atoms. The Morgan fingerprint density at radius 3 is 1.46 bits per heavy atom. The fourth-order valence-corrected chi connectivity index (χ4v) is 7.56. The van der Waals surface area contributed by atoms with Gasteiger partial charge in [0.2, 0.25) is 14.7 Å². The summed E-state index contributed by atoms with van der Waals surface area (Å²) in [6.45, 7) is 15.7. The second-order valence-corrected chi connectivity index (χ2v) is 19.5. The summed E-state index contributed by atoms with van der Waals surface area (Å²) in [5.41, 5.74) is 4.69. The van der Waals surface area contributed by atoms with Gasteiger partial charge < -0.3 is 39.8 Å². The predicted octanol–water partition coefficient (Wildman–Crippen LogP) is 7.38. The van der Waals surface area contributed by atoms with Gasteiger partial charge in [-0.3, -0.25) is 10.2 Å². The van der Waals surface area contributed by atoms with Gasteiger partial charge in [0.05, 0.1) is 32.3 Å². The van der Waals surface area contributed by atoms with E-state index in [0.29, 0.717) is 34.1 Å². The van der Waals surface area contributed by atoms with Crippen LogP contribution in [0.2, 0.25) is 4.47 Å². The number of amidine groups is 1. The van der Waals surface area contributed by atoms with Gasteiger partial charge in [-0.05, 0) is 61.5 Å². The molecule has 57 heavy (non-hydrogen) atoms. The third-order valence-corrected chi connectivity index (χ3v) is 12.9. The van der Waals surface area contributed by atoms with Crippen LogP contribution in [0.25, 0.3) is 0 Å². The number of carbonyl (C=O) groups excluding carboxylic acids is 1. The molecule has 0 bridgehead atoms. The van der Waals surface area contributed by atoms with Gasteiger partial charge in [-0.1, -0.05) is 34.8 Å². The lowest BCUT2D eigenvalue weighted by Crippen LogP contribution is -2.45. The standard InChI is InChI=1S/C10H15N3O2S.C8H11N3OS.C7H13NO2.C3H3ClN2S.C2H6N2.CCl4S.ClH/c1-8-11-9(16-12-8)13-4-2-10(3-5-13)14-6-7-15-10;1-6-9-8(13-10-6)11-4-2-7(12)3-5-11;1-3-8-4-2-7(1)9-5-6-10-7;1-2-5-3(4)7-6-2;1-2(3)4;2-1(3,4)6-5;/h2-7H2,1H3;2-5H2,1H3;8H,1-6H2;1H3;1H3,(H3,3,4);;1H. The van der Waals surface area contributed by atoms with Crippen molar-refractivity contribution in [2.24, 2.45) is 5.73 Å². The van der Waals surface area contributed by atoms with Crippen molar-refractivity contribution in [1.82, 2.24) is 33.4 Å². The number of halogens is 6. The number of ether oxygens (including phenoxy) is 4. The molecule has 0 aromatic carbocycles. The van der Waals surface area contributed by atoms with Crippen LogP contribution in [0.4, 0.5) is 10.3 Å². The number of hydrogen-bond acceptors (Lipinski definition) is 19. The number of piperidine rings is 3. The minimum atomic E-state index is -1.36. The predicted molar refractivity (Wildman–Crippen MR) is 237 cm³/mol. The molecular weight excluding hydrogens is 947 g/mol. The van der Waals surface area contributed by atoms with E-state index >= 15 is 0 Å². The topological polar surface area (TPSA) is 200 Å². The van der Waals surface area contributed by atoms with Gasteiger partial charge in [0, 0.05) is 112 Å². The van der Waals surface area contributed by atoms with Crippen molar-refractivity contribution in [3.05, 3.63) is 21.9 Å². The van der Waals surface area contributed by atoms with Crippen LogP contribution in [-0.4, -0.2) is 120 Å². The summed E-state index contributed by atoms with van der Waals surface area (Å²) < 4.78 is 33.7. The summed E-state index contributed by atoms with van der Waals surface area (Å²) in [6, 6.07) is 0. The Hall–Kier alpha value is -0.690. The third kappa shape index (κ3) is 20.6. The first-order valence-electron chi connectivity index (χ1n) is 17.5. The molecule has 5 saturated heterocycles. The van der Waals surface area contributed by atoms with Crippen molar-refractivity contribution in [3.8, 4) is 0 Å². The Bertz CT molecular complexity index is 1560. The summed E-state index contributed by atoms with van der Waals surface area (Å²) >= 11 is 24.7. The number of Topliss-reactive ketones (excluding diaryl/α,β-unsaturated/α-hetero) is 1. The number of carbonyl (C=O) groups is 1. The summed E-state index contributed by atoms with van der Waals surface area (Å²) in [4.78, 5) is 27.8. The smallest absolute Gasteiger partial charge is 0.251 e. The van der Waals surface area contributed by atoms with Crippen LogP contribution in [0.5, 0.6) is 0 Å². The van der Waals surface area contributed by atoms with Crippen LogP contribution in [0.1, 0.15) is 62.9 Å². The number of nitrogens with zero attached hydrogens (tertiary/aromatic N) is 8. The number of nitrogens with two attached hydrogens (primary N) is 1. The Labute approximate surface area is 380 Å². The molecule has 8 heterocycles. The molecule has 0 unspecified atom stereocenters. The highest BCUT2D eigenvalue weighted by Crippen LogP contribution is 2.41. The van der Waals surface area contributed by atoms with Crippen molar-refractivity contribution in [2.45, 2.75) is 80.9 Å². The number of hydrogen-bond donors (Lipinski definition) is 3. The summed E-state index contributed by atoms with van der Waals surface area (Å²) in [7, 11) is 5.65. The van der Waals surface area contributed by atoms with Crippen molar-refractivity contribution in [2.75, 3.05) is 75.5 Å². The fourth-order valence-electron chi connectivity index (χ4n) is 5.47. The highest BCUT2D eigenvalue weighted by atomic mass is 35.7. The zero-order valence-corrected chi connectivity index (χ0v) is 39.8. The van der Waals surface area contributed by atoms with E-state index in [4.69, 9.17) is 87.2 Å². The minimum Gasteiger partial charge on any atom is -0.388 e. The summed E-state index contributed by atoms with van der Waals surface area (Å²) in [5, 5.41) is 11.5. The SMILES string of the molecule is C1CC2(CCN1)OCCO2.CC(=N)N.Cc1nsc(Cl)n1.Cc1nsc(N2CCC(=O)CC2)n1.Cc1nsc(N2CCC3(CC2)OCCO3)n1.Cl.ClSC(Cl)(Cl)Cl. The van der Waals surface area contributed by atoms with Crippen LogP contribution in [0, 0.1) is 26.2 Å². The van der Waals surface area contributed by atoms with E-state index in [1.54, 1.807) is 0 Å². The number of alkyl halides is 3. The maximum Gasteiger partial charge on any atom is 0.251 e. The third-order valence-electron chi connectivity index (χ3n) is 8.00. The van der Waals surface area contributed by atoms with Crippen LogP contribution in [-0.2, 0) is 23.7 Å². The first kappa shape index (κ1) is 52.4. The van der Waals surface area contributed by atoms with E-state index in [1.165, 1.54) is 41.5 Å². The summed E-state index contributed by atoms with van der Waals surface area (Å²) in [6.07, 6.45) is 5.16. The molecule has 5 fully saturated rings. The lowest BCUT2D eigenvalue weighted by Gasteiger charge is -2.37. The second kappa shape index (κ2) is 26.6. The fraction of sp³-hybridized carbons (Fsp3) is 0.742. The molecule has 0 atom stereocenters. The largest absolute Gasteiger partial charge is 0.388 e. The Morgan fingerprint density at radius 1 is 0.772 bits per heavy atom. The second-order valence-electron chi connectivity index (χ2n) is 12.5. The van der Waals surface area contributed by atoms with Crippen molar-refractivity contribution in [1.29, 1.82) is 5.41 Å². The quantitative estimate of drug-likeness (QED) is 0.130. The first-order valence-corrected chi connectivity index (χ1v) is 23.0. The monoisotopic (exact) mass is 993 g/mol. The van der Waals surface area contributed by atoms with Crippen LogP contribution >= 0.6 is 115 Å². The van der Waals surface area contributed by atoms with Gasteiger partial charge in [-0.2, -0.15) is 13.1 Å². The zero-order chi connectivity index (χ0) is 41.2. The highest BCUT2D eigenvalue weighted by Gasteiger charge is 2.40. The molecule has 3 aromatic rings. The minimum absolute atomic E-state index is 0. The van der Waals surface area contributed by atoms with Crippen molar-refractivity contribution < 1.29 is 23.7 Å². The van der Waals surface area contributed by atoms with E-state index in [1.807, 2.05) is 20.8 Å². The Morgan fingerprint density at radius 2 is 1.14 bits per heavy atom. The van der Waals surface area contributed by atoms with E-state index < -0.39 is 3.12 Å². The van der Waals surface area contributed by atoms with Crippen LogP contribution in [0.15, 0.2) is 0 Å². The number of ketones is 1. The molecule has 5 aliphatic heterocycles. The molecule has 0 radical (unpaired) electrons. The highest BCUT2D eigenvalue weighted by molar-refractivity contribution is 8.24. The molecule has 0 saturated carbocycles. The molecule has 5 aliphatic rings. The van der Waals surface area contributed by atoms with Gasteiger partial charge in [-0.15, -0.1) is 12.4 Å². The Balaban J connectivity index is 0.000000249. The average Bonchev–Trinajstić information content (AvgIpc) is 4.02. The molecule has 0 amide bonds. The number of rotatable bonds is 2. The van der Waals surface area contributed by atoms with E-state index in [2.05, 4.69) is 43.2 Å². The van der Waals surface area contributed by atoms with Gasteiger partial charge in [0.25, 0.3) is 3.12 Å². The van der Waals surface area contributed by atoms with Crippen molar-refractivity contribution in [3.63, 3.8) is 0 Å². The van der Waals surface area contributed by atoms with Crippen LogP contribution in [0.3, 0.4) is 0 Å². The summed E-state index contributed by atoms with van der Waals surface area (Å²) in [5.74, 6) is 2.46. The number of aromatic nitrogens is 6. The van der Waals surface area contributed by atoms with Gasteiger partial charge in [-0.25, -0.2) is 15.0 Å². The normalized spacial score (nSPS) is 19.2. The number of nitrogens with one attached hydrogen (secondary N) is 2. The lowest BCUT2D eigenvalue weighted by atomic mass is 10.0. The van der Waals surface area contributed by atoms with Crippen LogP contribution < -0.4 is 20.9 Å². The molecule has 8 rings (SSSR count). The molecule has 16 nitrogen and oxygen atoms in total. The van der Waals surface area contributed by atoms with E-state index in [0.717, 1.165) is 119 Å². The molecule has 0 aliphatic carbocycles. The molecular formula is C31H49Cl6N11O5S4. The number of anilines is 2. The van der Waals surface area contributed by atoms with Gasteiger partial charge in [0.15, 0.2) is 11.6 Å². The average molecular weight is 997 g/mol. The molecule has 4 N–H and O–H groups in total. The maximum atomic E-state index is 11.0. The zero-order valence-electron chi connectivity index (χ0n) is 31.9. The Kier molecular flexibility index (Phi) is 24.5. The lowest BCUT2D eigenvalue weighted by molar-refractivity contribution is -0.172. The van der Waals surface area contributed by atoms with E-state index in [-0.39, 0.29) is 29.8 Å². The van der Waals surface area contributed by atoms with E-state index in [9.17, 15) is 4.79 Å². The maximum absolute atomic E-state index is 11.0. The number of aryl methyl sites for hydroxylation is 3. The van der Waals surface area contributed by atoms with Gasteiger partial charge in [0.1, 0.15) is 23.3 Å². The molecule has 324 valence electrons. The molecule has 26 heteroatoms. The molecule has 3 aromatic heterocycles. The first-order chi connectivity index (χ1) is 26.5.